The van der Waals surface area contributed by atoms with Crippen molar-refractivity contribution in [3.8, 4) is 0 Å². The van der Waals surface area contributed by atoms with Gasteiger partial charge in [0, 0.05) is 31.6 Å². The summed E-state index contributed by atoms with van der Waals surface area (Å²) >= 11 is 0. The van der Waals surface area contributed by atoms with E-state index in [1.54, 1.807) is 0 Å². The third-order valence-electron chi connectivity index (χ3n) is 4.90. The number of nitrogens with zero attached hydrogens (tertiary/aromatic N) is 2. The lowest BCUT2D eigenvalue weighted by Gasteiger charge is -2.36. The van der Waals surface area contributed by atoms with Gasteiger partial charge in [-0.25, -0.2) is 0 Å². The predicted molar refractivity (Wildman–Crippen MR) is 77.8 cm³/mol. The molecule has 1 heterocycles. The van der Waals surface area contributed by atoms with Gasteiger partial charge in [-0.1, -0.05) is 0 Å². The first-order valence-corrected chi connectivity index (χ1v) is 7.76. The minimum absolute atomic E-state index is 0.373. The molecule has 0 bridgehead atoms. The van der Waals surface area contributed by atoms with E-state index < -0.39 is 0 Å². The Labute approximate surface area is 117 Å². The summed E-state index contributed by atoms with van der Waals surface area (Å²) in [4.78, 5) is 16.7. The Bertz CT molecular complexity index is 290. The van der Waals surface area contributed by atoms with Crippen LogP contribution in [0.3, 0.4) is 0 Å². The molecule has 2 N–H and O–H groups in total. The molecule has 0 radical (unpaired) electrons. The molecule has 0 aromatic rings. The minimum Gasteiger partial charge on any atom is -0.343 e. The van der Waals surface area contributed by atoms with E-state index in [2.05, 4.69) is 23.9 Å². The highest BCUT2D eigenvalue weighted by molar-refractivity contribution is 5.76. The molecule has 110 valence electrons. The van der Waals surface area contributed by atoms with Crippen LogP contribution in [0.4, 0.5) is 0 Å². The zero-order chi connectivity index (χ0) is 13.8. The Morgan fingerprint density at radius 3 is 2.21 bits per heavy atom. The molecule has 1 saturated carbocycles. The van der Waals surface area contributed by atoms with Crippen molar-refractivity contribution in [2.45, 2.75) is 57.0 Å². The lowest BCUT2D eigenvalue weighted by Crippen LogP contribution is -2.45. The maximum atomic E-state index is 12.3. The summed E-state index contributed by atoms with van der Waals surface area (Å²) in [6.07, 6.45) is 7.46. The number of hydrogen-bond acceptors (Lipinski definition) is 3. The lowest BCUT2D eigenvalue weighted by atomic mass is 9.84. The van der Waals surface area contributed by atoms with E-state index >= 15 is 0 Å². The van der Waals surface area contributed by atoms with E-state index in [-0.39, 0.29) is 0 Å². The van der Waals surface area contributed by atoms with Crippen LogP contribution < -0.4 is 5.73 Å². The maximum absolute atomic E-state index is 12.3. The van der Waals surface area contributed by atoms with Gasteiger partial charge >= 0.3 is 0 Å². The summed E-state index contributed by atoms with van der Waals surface area (Å²) in [6.45, 7) is 1.88. The topological polar surface area (TPSA) is 49.6 Å². The van der Waals surface area contributed by atoms with Crippen molar-refractivity contribution in [2.24, 2.45) is 11.7 Å². The summed E-state index contributed by atoms with van der Waals surface area (Å²) in [5.41, 5.74) is 5.91. The molecule has 0 spiro atoms. The van der Waals surface area contributed by atoms with Gasteiger partial charge in [-0.3, -0.25) is 4.79 Å². The molecule has 1 aliphatic heterocycles. The number of carbonyl (C=O) groups is 1. The molecule has 2 fully saturated rings. The Balaban J connectivity index is 1.72. The van der Waals surface area contributed by atoms with E-state index in [1.807, 2.05) is 0 Å². The highest BCUT2D eigenvalue weighted by atomic mass is 16.2. The van der Waals surface area contributed by atoms with Crippen LogP contribution >= 0.6 is 0 Å². The van der Waals surface area contributed by atoms with Crippen LogP contribution in [0, 0.1) is 5.92 Å². The fourth-order valence-corrected chi connectivity index (χ4v) is 3.40. The molecule has 2 aliphatic rings. The van der Waals surface area contributed by atoms with Gasteiger partial charge in [0.2, 0.25) is 5.91 Å². The monoisotopic (exact) mass is 267 g/mol. The van der Waals surface area contributed by atoms with Gasteiger partial charge in [-0.05, 0) is 58.5 Å². The van der Waals surface area contributed by atoms with E-state index in [9.17, 15) is 4.79 Å². The van der Waals surface area contributed by atoms with Gasteiger partial charge in [0.15, 0.2) is 0 Å². The van der Waals surface area contributed by atoms with E-state index in [0.717, 1.165) is 58.0 Å². The van der Waals surface area contributed by atoms with Crippen molar-refractivity contribution in [1.29, 1.82) is 0 Å². The fraction of sp³-hybridized carbons (Fsp3) is 0.933. The van der Waals surface area contributed by atoms with Crippen molar-refractivity contribution >= 4 is 5.91 Å². The van der Waals surface area contributed by atoms with Crippen molar-refractivity contribution in [3.05, 3.63) is 0 Å². The van der Waals surface area contributed by atoms with Gasteiger partial charge in [0.05, 0.1) is 0 Å². The van der Waals surface area contributed by atoms with Gasteiger partial charge < -0.3 is 15.5 Å². The van der Waals surface area contributed by atoms with Crippen molar-refractivity contribution in [3.63, 3.8) is 0 Å². The summed E-state index contributed by atoms with van der Waals surface area (Å²) < 4.78 is 0. The molecule has 0 unspecified atom stereocenters. The zero-order valence-corrected chi connectivity index (χ0v) is 12.5. The smallest absolute Gasteiger partial charge is 0.222 e. The molecule has 0 aromatic heterocycles. The van der Waals surface area contributed by atoms with Gasteiger partial charge in [-0.2, -0.15) is 0 Å². The van der Waals surface area contributed by atoms with E-state index in [0.29, 0.717) is 23.9 Å². The minimum atomic E-state index is 0.373. The molecule has 0 aromatic carbocycles. The second kappa shape index (κ2) is 6.71. The zero-order valence-electron chi connectivity index (χ0n) is 12.5. The molecular formula is C15H29N3O. The van der Waals surface area contributed by atoms with Crippen LogP contribution in [-0.2, 0) is 4.79 Å². The predicted octanol–water partition coefficient (Wildman–Crippen LogP) is 1.45. The van der Waals surface area contributed by atoms with Gasteiger partial charge in [0.1, 0.15) is 0 Å². The average Bonchev–Trinajstić information content (AvgIpc) is 2.41. The standard InChI is InChI=1S/C15H29N3O/c1-17(2)14-7-9-18(10-8-14)15(19)11-12-3-5-13(16)6-4-12/h12-14H,3-11,16H2,1-2H3. The Hall–Kier alpha value is -0.610. The van der Waals surface area contributed by atoms with Crippen molar-refractivity contribution in [1.82, 2.24) is 9.80 Å². The van der Waals surface area contributed by atoms with Crippen LogP contribution in [0.2, 0.25) is 0 Å². The molecular weight excluding hydrogens is 238 g/mol. The number of amides is 1. The number of likely N-dealkylation sites (tertiary alicyclic amines) is 1. The SMILES string of the molecule is CN(C)C1CCN(C(=O)CC2CCC(N)CC2)CC1. The first-order chi connectivity index (χ1) is 9.06. The van der Waals surface area contributed by atoms with Crippen LogP contribution in [0.1, 0.15) is 44.9 Å². The summed E-state index contributed by atoms with van der Waals surface area (Å²) in [6, 6.07) is 1.03. The summed E-state index contributed by atoms with van der Waals surface area (Å²) in [5, 5.41) is 0. The fourth-order valence-electron chi connectivity index (χ4n) is 3.40. The molecule has 2 rings (SSSR count). The number of carbonyl (C=O) groups excluding carboxylic acids is 1. The molecule has 0 atom stereocenters. The number of rotatable bonds is 3. The number of nitrogens with two attached hydrogens (primary N) is 1. The normalized spacial score (nSPS) is 29.8. The number of hydrogen-bond donors (Lipinski definition) is 1. The third kappa shape index (κ3) is 4.18. The lowest BCUT2D eigenvalue weighted by molar-refractivity contribution is -0.134. The van der Waals surface area contributed by atoms with Crippen molar-refractivity contribution in [2.75, 3.05) is 27.2 Å². The van der Waals surface area contributed by atoms with Gasteiger partial charge in [-0.15, -0.1) is 0 Å². The molecule has 19 heavy (non-hydrogen) atoms. The third-order valence-corrected chi connectivity index (χ3v) is 4.90. The highest BCUT2D eigenvalue weighted by Crippen LogP contribution is 2.27. The average molecular weight is 267 g/mol. The summed E-state index contributed by atoms with van der Waals surface area (Å²) in [5.74, 6) is 0.955. The first kappa shape index (κ1) is 14.8. The van der Waals surface area contributed by atoms with Crippen LogP contribution in [-0.4, -0.2) is 55.0 Å². The van der Waals surface area contributed by atoms with Crippen LogP contribution in [0.25, 0.3) is 0 Å². The van der Waals surface area contributed by atoms with E-state index in [4.69, 9.17) is 5.73 Å². The van der Waals surface area contributed by atoms with Crippen molar-refractivity contribution < 1.29 is 4.79 Å². The second-order valence-corrected chi connectivity index (χ2v) is 6.56. The Kier molecular flexibility index (Phi) is 5.22. The Morgan fingerprint density at radius 1 is 1.11 bits per heavy atom. The molecule has 1 saturated heterocycles. The molecule has 1 aliphatic carbocycles. The highest BCUT2D eigenvalue weighted by Gasteiger charge is 2.27. The molecule has 4 heteroatoms. The number of piperidine rings is 1. The van der Waals surface area contributed by atoms with Crippen LogP contribution in [0.15, 0.2) is 0 Å². The largest absolute Gasteiger partial charge is 0.343 e. The quantitative estimate of drug-likeness (QED) is 0.842. The first-order valence-electron chi connectivity index (χ1n) is 7.76. The molecule has 4 nitrogen and oxygen atoms in total. The van der Waals surface area contributed by atoms with E-state index in [1.165, 1.54) is 0 Å². The van der Waals surface area contributed by atoms with Crippen LogP contribution in [0.5, 0.6) is 0 Å². The Morgan fingerprint density at radius 2 is 1.68 bits per heavy atom. The maximum Gasteiger partial charge on any atom is 0.222 e. The summed E-state index contributed by atoms with van der Waals surface area (Å²) in [7, 11) is 4.26. The molecule has 1 amide bonds. The van der Waals surface area contributed by atoms with Gasteiger partial charge in [0.25, 0.3) is 0 Å². The second-order valence-electron chi connectivity index (χ2n) is 6.56.